The molecule has 1 N–H and O–H groups in total. The van der Waals surface area contributed by atoms with E-state index in [1.807, 2.05) is 54.7 Å². The Balaban J connectivity index is 1.41. The number of aromatic amines is 1. The fourth-order valence-electron chi connectivity index (χ4n) is 5.82. The quantitative estimate of drug-likeness (QED) is 0.161. The third kappa shape index (κ3) is 7.04. The molecular formula is C37H29F6N3. The molecule has 3 nitrogen and oxygen atoms in total. The molecule has 1 aromatic heterocycles. The monoisotopic (exact) mass is 629 g/mol. The maximum Gasteiger partial charge on any atom is 0.406 e. The molecule has 0 aliphatic heterocycles. The molecule has 0 radical (unpaired) electrons. The lowest BCUT2D eigenvalue weighted by atomic mass is 9.84. The number of anilines is 4. The molecule has 0 unspecified atom stereocenters. The second-order valence-electron chi connectivity index (χ2n) is 11.0. The topological polar surface area (TPSA) is 22.3 Å². The van der Waals surface area contributed by atoms with Gasteiger partial charge in [-0.3, -0.25) is 0 Å². The number of halogens is 6. The second kappa shape index (κ2) is 12.7. The van der Waals surface area contributed by atoms with Crippen LogP contribution in [0.3, 0.4) is 0 Å². The zero-order chi connectivity index (χ0) is 32.3. The lowest BCUT2D eigenvalue weighted by molar-refractivity contribution is -0.119. The van der Waals surface area contributed by atoms with Crippen LogP contribution in [0, 0.1) is 0 Å². The highest BCUT2D eigenvalue weighted by Gasteiger charge is 2.33. The summed E-state index contributed by atoms with van der Waals surface area (Å²) in [5.74, 6) is -0.361. The second-order valence-corrected chi connectivity index (χ2v) is 11.0. The highest BCUT2D eigenvalue weighted by atomic mass is 19.4. The summed E-state index contributed by atoms with van der Waals surface area (Å²) in [6, 6.07) is 38.5. The first-order valence-corrected chi connectivity index (χ1v) is 14.6. The lowest BCUT2D eigenvalue weighted by Crippen LogP contribution is -2.30. The maximum atomic E-state index is 13.6. The van der Waals surface area contributed by atoms with Gasteiger partial charge in [0.15, 0.2) is 0 Å². The number of hydrogen-bond donors (Lipinski definition) is 1. The van der Waals surface area contributed by atoms with Gasteiger partial charge in [-0.25, -0.2) is 0 Å². The Morgan fingerprint density at radius 3 is 1.30 bits per heavy atom. The van der Waals surface area contributed by atoms with Gasteiger partial charge in [0.2, 0.25) is 0 Å². The van der Waals surface area contributed by atoms with E-state index in [0.717, 1.165) is 27.6 Å². The zero-order valence-electron chi connectivity index (χ0n) is 24.4. The van der Waals surface area contributed by atoms with Crippen molar-refractivity contribution in [3.8, 4) is 0 Å². The molecule has 234 valence electrons. The SMILES string of the molecule is FC(F)(F)CN(c1ccccc1)c1ccc(C(c2ccc(N(CC(F)(F)F)c3ccccc3)cc2)c2c[nH]c3ccccc23)cc1. The van der Waals surface area contributed by atoms with Gasteiger partial charge in [0.05, 0.1) is 0 Å². The van der Waals surface area contributed by atoms with Crippen molar-refractivity contribution in [3.05, 3.63) is 156 Å². The standard InChI is InChI=1S/C37H29F6N3/c38-36(39,40)24-45(28-9-3-1-4-10-28)30-19-15-26(16-20-30)35(33-23-44-34-14-8-7-13-32(33)34)27-17-21-31(22-18-27)46(25-37(41,42)43)29-11-5-2-6-12-29/h1-23,35,44H,24-25H2. The molecule has 0 aliphatic carbocycles. The van der Waals surface area contributed by atoms with E-state index in [-0.39, 0.29) is 5.92 Å². The van der Waals surface area contributed by atoms with Gasteiger partial charge < -0.3 is 14.8 Å². The first-order chi connectivity index (χ1) is 22.1. The van der Waals surface area contributed by atoms with E-state index in [0.29, 0.717) is 22.7 Å². The third-order valence-electron chi connectivity index (χ3n) is 7.82. The van der Waals surface area contributed by atoms with Crippen LogP contribution < -0.4 is 9.80 Å². The van der Waals surface area contributed by atoms with Crippen molar-refractivity contribution in [3.63, 3.8) is 0 Å². The molecule has 0 bridgehead atoms. The van der Waals surface area contributed by atoms with E-state index in [9.17, 15) is 26.3 Å². The Morgan fingerprint density at radius 2 is 0.870 bits per heavy atom. The number of hydrogen-bond acceptors (Lipinski definition) is 2. The average Bonchev–Trinajstić information content (AvgIpc) is 3.47. The molecule has 6 rings (SSSR count). The number of nitrogens with one attached hydrogen (secondary N) is 1. The molecule has 0 saturated heterocycles. The van der Waals surface area contributed by atoms with Crippen molar-refractivity contribution in [2.24, 2.45) is 0 Å². The molecule has 0 saturated carbocycles. The molecule has 1 heterocycles. The summed E-state index contributed by atoms with van der Waals surface area (Å²) < 4.78 is 81.7. The summed E-state index contributed by atoms with van der Waals surface area (Å²) in [5.41, 5.74) is 5.07. The highest BCUT2D eigenvalue weighted by molar-refractivity contribution is 5.85. The van der Waals surface area contributed by atoms with Gasteiger partial charge >= 0.3 is 12.4 Å². The minimum Gasteiger partial charge on any atom is -0.361 e. The summed E-state index contributed by atoms with van der Waals surface area (Å²) in [6.45, 7) is -2.31. The number of benzene rings is 5. The van der Waals surface area contributed by atoms with E-state index < -0.39 is 25.4 Å². The third-order valence-corrected chi connectivity index (χ3v) is 7.82. The predicted molar refractivity (Wildman–Crippen MR) is 171 cm³/mol. The Labute approximate surface area is 262 Å². The van der Waals surface area contributed by atoms with Gasteiger partial charge in [-0.05, 0) is 71.3 Å². The molecule has 0 atom stereocenters. The van der Waals surface area contributed by atoms with Gasteiger partial charge in [0, 0.05) is 45.8 Å². The molecule has 0 aliphatic rings. The van der Waals surface area contributed by atoms with E-state index >= 15 is 0 Å². The van der Waals surface area contributed by atoms with E-state index in [1.54, 1.807) is 84.9 Å². The first-order valence-electron chi connectivity index (χ1n) is 14.6. The summed E-state index contributed by atoms with van der Waals surface area (Å²) >= 11 is 0. The summed E-state index contributed by atoms with van der Waals surface area (Å²) in [4.78, 5) is 5.74. The molecule has 5 aromatic carbocycles. The van der Waals surface area contributed by atoms with Crippen LogP contribution in [0.1, 0.15) is 22.6 Å². The number of alkyl halides is 6. The number of nitrogens with zero attached hydrogens (tertiary/aromatic N) is 2. The van der Waals surface area contributed by atoms with Crippen LogP contribution in [0.25, 0.3) is 10.9 Å². The van der Waals surface area contributed by atoms with Crippen molar-refractivity contribution in [2.45, 2.75) is 18.3 Å². The largest absolute Gasteiger partial charge is 0.406 e. The van der Waals surface area contributed by atoms with Crippen LogP contribution >= 0.6 is 0 Å². The number of rotatable bonds is 9. The minimum absolute atomic E-state index is 0.361. The maximum absolute atomic E-state index is 13.6. The van der Waals surface area contributed by atoms with Gasteiger partial charge in [0.1, 0.15) is 13.1 Å². The molecule has 9 heteroatoms. The van der Waals surface area contributed by atoms with Gasteiger partial charge in [-0.15, -0.1) is 0 Å². The fraction of sp³-hybridized carbons (Fsp3) is 0.135. The van der Waals surface area contributed by atoms with Crippen LogP contribution in [0.15, 0.2) is 140 Å². The van der Waals surface area contributed by atoms with E-state index in [1.165, 1.54) is 9.80 Å². The summed E-state index contributed by atoms with van der Waals surface area (Å²) in [7, 11) is 0. The van der Waals surface area contributed by atoms with Crippen LogP contribution in [0.2, 0.25) is 0 Å². The van der Waals surface area contributed by atoms with Gasteiger partial charge in [0.25, 0.3) is 0 Å². The number of aromatic nitrogens is 1. The van der Waals surface area contributed by atoms with Crippen LogP contribution in [0.4, 0.5) is 49.1 Å². The van der Waals surface area contributed by atoms with Crippen molar-refractivity contribution in [1.29, 1.82) is 0 Å². The Kier molecular flexibility index (Phi) is 8.49. The number of H-pyrrole nitrogens is 1. The summed E-state index contributed by atoms with van der Waals surface area (Å²) in [6.07, 6.45) is -6.96. The van der Waals surface area contributed by atoms with E-state index in [4.69, 9.17) is 0 Å². The lowest BCUT2D eigenvalue weighted by Gasteiger charge is -2.28. The Bertz CT molecular complexity index is 1760. The van der Waals surface area contributed by atoms with Crippen LogP contribution in [-0.2, 0) is 0 Å². The molecule has 6 aromatic rings. The number of para-hydroxylation sites is 3. The summed E-state index contributed by atoms with van der Waals surface area (Å²) in [5, 5.41) is 0.964. The fourth-order valence-corrected chi connectivity index (χ4v) is 5.82. The predicted octanol–water partition coefficient (Wildman–Crippen LogP) is 10.7. The van der Waals surface area contributed by atoms with E-state index in [2.05, 4.69) is 4.98 Å². The molecule has 0 spiro atoms. The molecule has 46 heavy (non-hydrogen) atoms. The zero-order valence-corrected chi connectivity index (χ0v) is 24.4. The normalized spacial score (nSPS) is 12.1. The van der Waals surface area contributed by atoms with Gasteiger partial charge in [-0.1, -0.05) is 78.9 Å². The smallest absolute Gasteiger partial charge is 0.361 e. The average molecular weight is 630 g/mol. The van der Waals surface area contributed by atoms with Crippen LogP contribution in [-0.4, -0.2) is 30.4 Å². The van der Waals surface area contributed by atoms with Crippen LogP contribution in [0.5, 0.6) is 0 Å². The van der Waals surface area contributed by atoms with Crippen molar-refractivity contribution >= 4 is 33.7 Å². The molecular weight excluding hydrogens is 600 g/mol. The Hall–Kier alpha value is -5.18. The van der Waals surface area contributed by atoms with Crippen molar-refractivity contribution in [1.82, 2.24) is 4.98 Å². The first kappa shape index (κ1) is 30.8. The molecule has 0 amide bonds. The molecule has 0 fully saturated rings. The highest BCUT2D eigenvalue weighted by Crippen LogP contribution is 2.39. The number of fused-ring (bicyclic) bond motifs is 1. The van der Waals surface area contributed by atoms with Crippen molar-refractivity contribution in [2.75, 3.05) is 22.9 Å². The minimum atomic E-state index is -4.43. The van der Waals surface area contributed by atoms with Gasteiger partial charge in [-0.2, -0.15) is 26.3 Å². The van der Waals surface area contributed by atoms with Crippen molar-refractivity contribution < 1.29 is 26.3 Å². The Morgan fingerprint density at radius 1 is 0.478 bits per heavy atom.